The molecule has 1 fully saturated rings. The molecule has 2 heterocycles. The maximum Gasteiger partial charge on any atom is 0.343 e. The number of piperazine rings is 1. The SMILES string of the molecule is CCOC(=O)c1cnc(SCC(=O)N2CCN(CC)CC2)nc1N. The van der Waals surface area contributed by atoms with Gasteiger partial charge in [-0.2, -0.15) is 0 Å². The Labute approximate surface area is 145 Å². The summed E-state index contributed by atoms with van der Waals surface area (Å²) in [6, 6.07) is 0. The predicted molar refractivity (Wildman–Crippen MR) is 91.8 cm³/mol. The molecule has 1 aromatic heterocycles. The lowest BCUT2D eigenvalue weighted by Gasteiger charge is -2.33. The normalized spacial score (nSPS) is 15.3. The first-order valence-corrected chi connectivity index (χ1v) is 8.96. The van der Waals surface area contributed by atoms with Gasteiger partial charge in [-0.15, -0.1) is 0 Å². The Morgan fingerprint density at radius 3 is 2.58 bits per heavy atom. The molecule has 8 nitrogen and oxygen atoms in total. The van der Waals surface area contributed by atoms with Crippen LogP contribution in [0.25, 0.3) is 0 Å². The predicted octanol–water partition coefficient (Wildman–Crippen LogP) is 0.492. The third kappa shape index (κ3) is 4.81. The number of carbonyl (C=O) groups excluding carboxylic acids is 2. The molecule has 2 N–H and O–H groups in total. The lowest BCUT2D eigenvalue weighted by Crippen LogP contribution is -2.49. The highest BCUT2D eigenvalue weighted by Crippen LogP contribution is 2.18. The van der Waals surface area contributed by atoms with Crippen molar-refractivity contribution < 1.29 is 14.3 Å². The fourth-order valence-corrected chi connectivity index (χ4v) is 3.07. The van der Waals surface area contributed by atoms with Crippen molar-refractivity contribution in [2.75, 3.05) is 50.8 Å². The summed E-state index contributed by atoms with van der Waals surface area (Å²) in [6.07, 6.45) is 1.34. The van der Waals surface area contributed by atoms with Crippen LogP contribution in [0.3, 0.4) is 0 Å². The van der Waals surface area contributed by atoms with Crippen molar-refractivity contribution in [2.24, 2.45) is 0 Å². The molecule has 0 aliphatic carbocycles. The largest absolute Gasteiger partial charge is 0.462 e. The minimum atomic E-state index is -0.545. The van der Waals surface area contributed by atoms with Gasteiger partial charge in [-0.05, 0) is 13.5 Å². The van der Waals surface area contributed by atoms with Gasteiger partial charge in [0.1, 0.15) is 11.4 Å². The van der Waals surface area contributed by atoms with E-state index >= 15 is 0 Å². The van der Waals surface area contributed by atoms with Crippen LogP contribution in [0.15, 0.2) is 11.4 Å². The Balaban J connectivity index is 1.87. The van der Waals surface area contributed by atoms with Crippen molar-refractivity contribution in [3.05, 3.63) is 11.8 Å². The monoisotopic (exact) mass is 353 g/mol. The number of thioether (sulfide) groups is 1. The highest BCUT2D eigenvalue weighted by Gasteiger charge is 2.21. The first kappa shape index (κ1) is 18.5. The number of nitrogen functional groups attached to an aromatic ring is 1. The van der Waals surface area contributed by atoms with E-state index in [0.29, 0.717) is 5.16 Å². The average Bonchev–Trinajstić information content (AvgIpc) is 2.60. The van der Waals surface area contributed by atoms with Gasteiger partial charge in [0.2, 0.25) is 5.91 Å². The highest BCUT2D eigenvalue weighted by molar-refractivity contribution is 7.99. The first-order valence-electron chi connectivity index (χ1n) is 7.97. The standard InChI is InChI=1S/C15H23N5O3S/c1-3-19-5-7-20(8-6-19)12(21)10-24-15-17-9-11(13(16)18-15)14(22)23-4-2/h9H,3-8,10H2,1-2H3,(H2,16,17,18). The molecule has 0 saturated carbocycles. The molecule has 1 saturated heterocycles. The molecule has 1 amide bonds. The smallest absolute Gasteiger partial charge is 0.343 e. The summed E-state index contributed by atoms with van der Waals surface area (Å²) in [5.74, 6) is -0.164. The number of carbonyl (C=O) groups is 2. The molecular formula is C15H23N5O3S. The second-order valence-corrected chi connectivity index (χ2v) is 6.22. The zero-order valence-corrected chi connectivity index (χ0v) is 14.8. The first-order chi connectivity index (χ1) is 11.5. The van der Waals surface area contributed by atoms with Crippen LogP contribution in [0.4, 0.5) is 5.82 Å². The van der Waals surface area contributed by atoms with Crippen molar-refractivity contribution in [1.82, 2.24) is 19.8 Å². The zero-order chi connectivity index (χ0) is 17.5. The number of hydrogen-bond donors (Lipinski definition) is 1. The second kappa shape index (κ2) is 8.84. The summed E-state index contributed by atoms with van der Waals surface area (Å²) < 4.78 is 4.87. The molecule has 0 spiro atoms. The molecule has 1 aliphatic heterocycles. The topological polar surface area (TPSA) is 102 Å². The van der Waals surface area contributed by atoms with Crippen LogP contribution < -0.4 is 5.73 Å². The van der Waals surface area contributed by atoms with Gasteiger partial charge in [-0.25, -0.2) is 14.8 Å². The molecule has 1 aliphatic rings. The van der Waals surface area contributed by atoms with Gasteiger partial charge in [0.05, 0.1) is 12.4 Å². The van der Waals surface area contributed by atoms with Crippen LogP contribution in [-0.2, 0) is 9.53 Å². The molecule has 24 heavy (non-hydrogen) atoms. The van der Waals surface area contributed by atoms with Crippen LogP contribution >= 0.6 is 11.8 Å². The molecule has 0 unspecified atom stereocenters. The molecule has 0 bridgehead atoms. The van der Waals surface area contributed by atoms with Crippen molar-refractivity contribution in [1.29, 1.82) is 0 Å². The Bertz CT molecular complexity index is 590. The van der Waals surface area contributed by atoms with Gasteiger partial charge in [0, 0.05) is 32.4 Å². The van der Waals surface area contributed by atoms with Crippen molar-refractivity contribution in [3.63, 3.8) is 0 Å². The lowest BCUT2D eigenvalue weighted by atomic mass is 10.3. The molecule has 1 aromatic rings. The van der Waals surface area contributed by atoms with Crippen LogP contribution in [0.2, 0.25) is 0 Å². The molecule has 9 heteroatoms. The molecule has 0 radical (unpaired) electrons. The van der Waals surface area contributed by atoms with Crippen molar-refractivity contribution in [3.8, 4) is 0 Å². The summed E-state index contributed by atoms with van der Waals surface area (Å²) in [7, 11) is 0. The molecule has 0 atom stereocenters. The van der Waals surface area contributed by atoms with Crippen molar-refractivity contribution in [2.45, 2.75) is 19.0 Å². The summed E-state index contributed by atoms with van der Waals surface area (Å²) in [6.45, 7) is 8.41. The number of nitrogens with two attached hydrogens (primary N) is 1. The number of ether oxygens (including phenoxy) is 1. The van der Waals surface area contributed by atoms with E-state index in [0.717, 1.165) is 32.7 Å². The van der Waals surface area contributed by atoms with E-state index in [4.69, 9.17) is 10.5 Å². The number of nitrogens with zero attached hydrogens (tertiary/aromatic N) is 4. The second-order valence-electron chi connectivity index (χ2n) is 5.28. The number of rotatable bonds is 6. The molecule has 132 valence electrons. The molecule has 0 aromatic carbocycles. The highest BCUT2D eigenvalue weighted by atomic mass is 32.2. The number of likely N-dealkylation sites (N-methyl/N-ethyl adjacent to an activating group) is 1. The van der Waals surface area contributed by atoms with Crippen molar-refractivity contribution >= 4 is 29.5 Å². The van der Waals surface area contributed by atoms with E-state index in [-0.39, 0.29) is 29.6 Å². The summed E-state index contributed by atoms with van der Waals surface area (Å²) in [5, 5.41) is 0.376. The Morgan fingerprint density at radius 2 is 2.00 bits per heavy atom. The lowest BCUT2D eigenvalue weighted by molar-refractivity contribution is -0.130. The number of anilines is 1. The van der Waals surface area contributed by atoms with Gasteiger partial charge in [0.25, 0.3) is 0 Å². The summed E-state index contributed by atoms with van der Waals surface area (Å²) >= 11 is 1.22. The van der Waals surface area contributed by atoms with Gasteiger partial charge >= 0.3 is 5.97 Å². The van der Waals surface area contributed by atoms with E-state index in [1.807, 2.05) is 4.90 Å². The van der Waals surface area contributed by atoms with Crippen LogP contribution in [0.5, 0.6) is 0 Å². The quantitative estimate of drug-likeness (QED) is 0.448. The van der Waals surface area contributed by atoms with E-state index in [1.165, 1.54) is 18.0 Å². The third-order valence-electron chi connectivity index (χ3n) is 3.79. The van der Waals surface area contributed by atoms with E-state index < -0.39 is 5.97 Å². The Kier molecular flexibility index (Phi) is 6.80. The average molecular weight is 353 g/mol. The van der Waals surface area contributed by atoms with Crippen LogP contribution in [0, 0.1) is 0 Å². The number of esters is 1. The van der Waals surface area contributed by atoms with Crippen LogP contribution in [-0.4, -0.2) is 76.7 Å². The van der Waals surface area contributed by atoms with Gasteiger partial charge in [-0.3, -0.25) is 4.79 Å². The summed E-state index contributed by atoms with van der Waals surface area (Å²) in [4.78, 5) is 36.2. The summed E-state index contributed by atoms with van der Waals surface area (Å²) in [5.41, 5.74) is 5.91. The van der Waals surface area contributed by atoms with E-state index in [9.17, 15) is 9.59 Å². The third-order valence-corrected chi connectivity index (χ3v) is 4.63. The van der Waals surface area contributed by atoms with Gasteiger partial charge in [0.15, 0.2) is 5.16 Å². The fourth-order valence-electron chi connectivity index (χ4n) is 2.34. The minimum absolute atomic E-state index is 0.0624. The minimum Gasteiger partial charge on any atom is -0.462 e. The Hall–Kier alpha value is -1.87. The maximum absolute atomic E-state index is 12.2. The molecule has 2 rings (SSSR count). The van der Waals surface area contributed by atoms with Crippen LogP contribution in [0.1, 0.15) is 24.2 Å². The maximum atomic E-state index is 12.2. The van der Waals surface area contributed by atoms with E-state index in [2.05, 4.69) is 21.8 Å². The van der Waals surface area contributed by atoms with Gasteiger partial charge < -0.3 is 20.3 Å². The number of aromatic nitrogens is 2. The fraction of sp³-hybridized carbons (Fsp3) is 0.600. The van der Waals surface area contributed by atoms with E-state index in [1.54, 1.807) is 6.92 Å². The molecular weight excluding hydrogens is 330 g/mol. The Morgan fingerprint density at radius 1 is 1.29 bits per heavy atom. The van der Waals surface area contributed by atoms with Gasteiger partial charge in [-0.1, -0.05) is 18.7 Å². The zero-order valence-electron chi connectivity index (χ0n) is 14.0. The number of amides is 1. The number of hydrogen-bond acceptors (Lipinski definition) is 8.